The van der Waals surface area contributed by atoms with Crippen LogP contribution in [0.25, 0.3) is 65.6 Å². The van der Waals surface area contributed by atoms with Gasteiger partial charge in [0.2, 0.25) is 0 Å². The van der Waals surface area contributed by atoms with E-state index in [4.69, 9.17) is 9.72 Å². The van der Waals surface area contributed by atoms with Crippen LogP contribution in [0.5, 0.6) is 11.5 Å². The average Bonchev–Trinajstić information content (AvgIpc) is 3.08. The summed E-state index contributed by atoms with van der Waals surface area (Å²) in [7, 11) is 0. The SMILES string of the molecule is CC(C)Cc1ccc2ccc3c4ccnc5c4c(cc3c2c1)Oc1cc2ccccc2[c-]c1-5.[Ir].[c-]1ccccc1-c1ccccn1. The first-order valence-corrected chi connectivity index (χ1v) is 15.4. The number of rotatable bonds is 3. The standard InChI is InChI=1S/C31H22NO.C11H8N.Ir/c1-18(2)13-19-7-8-20-9-10-23-24-11-12-32-31-27-15-21-5-3-4-6-22(21)16-28(27)33-29(30(24)31)17-26(23)25(20)14-19;1-2-6-10(7-3-1)11-8-4-5-9-12-11;/h3-12,14,16-18H,13H2,1-2H3;1-6,8-9H;/q2*-1;. The van der Waals surface area contributed by atoms with Crippen molar-refractivity contribution in [3.8, 4) is 34.0 Å². The van der Waals surface area contributed by atoms with Crippen molar-refractivity contribution in [3.05, 3.63) is 145 Å². The van der Waals surface area contributed by atoms with Crippen LogP contribution in [0.2, 0.25) is 0 Å². The Labute approximate surface area is 282 Å². The van der Waals surface area contributed by atoms with Gasteiger partial charge >= 0.3 is 0 Å². The van der Waals surface area contributed by atoms with E-state index in [0.717, 1.165) is 56.6 Å². The molecule has 2 aromatic heterocycles. The van der Waals surface area contributed by atoms with Gasteiger partial charge in [0.1, 0.15) is 5.75 Å². The summed E-state index contributed by atoms with van der Waals surface area (Å²) in [6, 6.07) is 46.4. The predicted octanol–water partition coefficient (Wildman–Crippen LogP) is 11.0. The van der Waals surface area contributed by atoms with Crippen LogP contribution in [-0.2, 0) is 26.5 Å². The van der Waals surface area contributed by atoms with Gasteiger partial charge in [0.05, 0.1) is 5.75 Å². The van der Waals surface area contributed by atoms with Gasteiger partial charge in [-0.2, -0.15) is 0 Å². The molecule has 1 aliphatic rings. The number of hydrogen-bond acceptors (Lipinski definition) is 3. The van der Waals surface area contributed by atoms with Crippen molar-refractivity contribution in [2.24, 2.45) is 5.92 Å². The third kappa shape index (κ3) is 5.45. The van der Waals surface area contributed by atoms with Crippen LogP contribution < -0.4 is 4.74 Å². The van der Waals surface area contributed by atoms with Crippen molar-refractivity contribution in [1.82, 2.24) is 9.97 Å². The zero-order chi connectivity index (χ0) is 30.3. The van der Waals surface area contributed by atoms with Crippen LogP contribution in [0, 0.1) is 18.1 Å². The molecule has 0 bridgehead atoms. The predicted molar refractivity (Wildman–Crippen MR) is 186 cm³/mol. The molecule has 3 heterocycles. The van der Waals surface area contributed by atoms with Crippen molar-refractivity contribution < 1.29 is 24.8 Å². The third-order valence-corrected chi connectivity index (χ3v) is 8.39. The summed E-state index contributed by atoms with van der Waals surface area (Å²) < 4.78 is 6.54. The van der Waals surface area contributed by atoms with Crippen LogP contribution in [0.1, 0.15) is 19.4 Å². The zero-order valence-electron chi connectivity index (χ0n) is 25.5. The second-order valence-corrected chi connectivity index (χ2v) is 12.0. The van der Waals surface area contributed by atoms with Gasteiger partial charge in [-0.15, -0.1) is 53.4 Å². The molecule has 0 N–H and O–H groups in total. The van der Waals surface area contributed by atoms with Gasteiger partial charge < -0.3 is 9.72 Å². The number of hydrogen-bond donors (Lipinski definition) is 0. The first-order chi connectivity index (χ1) is 22.1. The molecule has 0 saturated heterocycles. The van der Waals surface area contributed by atoms with Gasteiger partial charge in [0, 0.05) is 43.6 Å². The van der Waals surface area contributed by atoms with Gasteiger partial charge in [0.15, 0.2) is 0 Å². The summed E-state index contributed by atoms with van der Waals surface area (Å²) in [5.74, 6) is 2.32. The third-order valence-electron chi connectivity index (χ3n) is 8.39. The van der Waals surface area contributed by atoms with Crippen LogP contribution in [-0.4, -0.2) is 9.97 Å². The summed E-state index contributed by atoms with van der Waals surface area (Å²) in [5, 5.41) is 9.44. The molecular formula is C42H30IrN2O-2. The molecule has 0 aliphatic carbocycles. The molecule has 3 nitrogen and oxygen atoms in total. The number of aromatic nitrogens is 2. The molecule has 6 aromatic carbocycles. The fraction of sp³-hybridized carbons (Fsp3) is 0.0952. The molecule has 0 amide bonds. The number of ether oxygens (including phenoxy) is 1. The first kappa shape index (κ1) is 29.8. The number of pyridine rings is 2. The van der Waals surface area contributed by atoms with Crippen molar-refractivity contribution in [2.75, 3.05) is 0 Å². The molecule has 9 rings (SSSR count). The average molecular weight is 771 g/mol. The minimum atomic E-state index is 0. The van der Waals surface area contributed by atoms with Gasteiger partial charge in [0.25, 0.3) is 0 Å². The minimum Gasteiger partial charge on any atom is -0.492 e. The Bertz CT molecular complexity index is 2310. The quantitative estimate of drug-likeness (QED) is 0.133. The molecule has 1 aliphatic heterocycles. The Morgan fingerprint density at radius 1 is 0.674 bits per heavy atom. The number of fused-ring (bicyclic) bond motifs is 7. The van der Waals surface area contributed by atoms with E-state index in [1.165, 1.54) is 32.5 Å². The molecule has 225 valence electrons. The van der Waals surface area contributed by atoms with Crippen molar-refractivity contribution in [3.63, 3.8) is 0 Å². The Morgan fingerprint density at radius 3 is 2.35 bits per heavy atom. The van der Waals surface area contributed by atoms with Crippen LogP contribution in [0.15, 0.2) is 128 Å². The fourth-order valence-electron chi connectivity index (χ4n) is 6.38. The molecule has 0 unspecified atom stereocenters. The van der Waals surface area contributed by atoms with Crippen LogP contribution >= 0.6 is 0 Å². The Balaban J connectivity index is 0.000000220. The van der Waals surface area contributed by atoms with Gasteiger partial charge in [-0.05, 0) is 68.7 Å². The second-order valence-electron chi connectivity index (χ2n) is 12.0. The normalized spacial score (nSPS) is 11.5. The van der Waals surface area contributed by atoms with Crippen molar-refractivity contribution in [2.45, 2.75) is 20.3 Å². The number of nitrogens with zero attached hydrogens (tertiary/aromatic N) is 2. The van der Waals surface area contributed by atoms with Gasteiger partial charge in [-0.25, -0.2) is 0 Å². The molecule has 46 heavy (non-hydrogen) atoms. The maximum absolute atomic E-state index is 6.54. The fourth-order valence-corrected chi connectivity index (χ4v) is 6.38. The maximum Gasteiger partial charge on any atom is 0.120 e. The smallest absolute Gasteiger partial charge is 0.120 e. The van der Waals surface area contributed by atoms with E-state index < -0.39 is 0 Å². The topological polar surface area (TPSA) is 35.0 Å². The monoisotopic (exact) mass is 771 g/mol. The van der Waals surface area contributed by atoms with Crippen LogP contribution in [0.3, 0.4) is 0 Å². The Kier molecular flexibility index (Phi) is 8.09. The summed E-state index contributed by atoms with van der Waals surface area (Å²) in [6.07, 6.45) is 4.78. The molecular weight excluding hydrogens is 741 g/mol. The van der Waals surface area contributed by atoms with Gasteiger partial charge in [-0.1, -0.05) is 91.5 Å². The van der Waals surface area contributed by atoms with E-state index in [0.29, 0.717) is 5.92 Å². The molecule has 4 heteroatoms. The van der Waals surface area contributed by atoms with E-state index in [2.05, 4.69) is 91.6 Å². The Hall–Kier alpha value is -4.89. The molecule has 0 spiro atoms. The van der Waals surface area contributed by atoms with Crippen LogP contribution in [0.4, 0.5) is 0 Å². The minimum absolute atomic E-state index is 0. The summed E-state index contributed by atoms with van der Waals surface area (Å²) in [5.41, 5.74) is 5.27. The summed E-state index contributed by atoms with van der Waals surface area (Å²) in [4.78, 5) is 9.01. The van der Waals surface area contributed by atoms with Gasteiger partial charge in [-0.3, -0.25) is 4.98 Å². The molecule has 1 radical (unpaired) electrons. The first-order valence-electron chi connectivity index (χ1n) is 15.4. The number of benzene rings is 6. The van der Waals surface area contributed by atoms with E-state index >= 15 is 0 Å². The Morgan fingerprint density at radius 2 is 1.52 bits per heavy atom. The molecule has 0 saturated carbocycles. The largest absolute Gasteiger partial charge is 0.492 e. The van der Waals surface area contributed by atoms with E-state index in [-0.39, 0.29) is 20.1 Å². The van der Waals surface area contributed by atoms with E-state index in [9.17, 15) is 0 Å². The maximum atomic E-state index is 6.54. The van der Waals surface area contributed by atoms with E-state index in [1.54, 1.807) is 6.20 Å². The van der Waals surface area contributed by atoms with Crippen molar-refractivity contribution in [1.29, 1.82) is 0 Å². The van der Waals surface area contributed by atoms with E-state index in [1.807, 2.05) is 60.8 Å². The zero-order valence-corrected chi connectivity index (χ0v) is 27.9. The molecule has 8 aromatic rings. The second kappa shape index (κ2) is 12.5. The summed E-state index contributed by atoms with van der Waals surface area (Å²) in [6.45, 7) is 4.54. The molecule has 0 fully saturated rings. The van der Waals surface area contributed by atoms with Crippen molar-refractivity contribution >= 4 is 43.1 Å². The molecule has 0 atom stereocenters. The summed E-state index contributed by atoms with van der Waals surface area (Å²) >= 11 is 0.